The molecule has 1 heterocycles. The number of rotatable bonds is 4. The van der Waals surface area contributed by atoms with Crippen molar-refractivity contribution in [2.75, 3.05) is 24.5 Å². The van der Waals surface area contributed by atoms with Crippen LogP contribution in [0.4, 0.5) is 5.69 Å². The summed E-state index contributed by atoms with van der Waals surface area (Å²) in [6.07, 6.45) is 2.40. The van der Waals surface area contributed by atoms with E-state index in [0.29, 0.717) is 11.5 Å². The lowest BCUT2D eigenvalue weighted by Gasteiger charge is -2.44. The van der Waals surface area contributed by atoms with Crippen LogP contribution in [0.5, 0.6) is 0 Å². The molecule has 1 aromatic rings. The van der Waals surface area contributed by atoms with Gasteiger partial charge in [-0.05, 0) is 36.5 Å². The summed E-state index contributed by atoms with van der Waals surface area (Å²) in [5.74, 6) is 0.602. The smallest absolute Gasteiger partial charge is 0.0370 e. The van der Waals surface area contributed by atoms with Crippen molar-refractivity contribution in [2.45, 2.75) is 52.0 Å². The number of piperazine rings is 1. The molecule has 1 fully saturated rings. The largest absolute Gasteiger partial charge is 0.368 e. The van der Waals surface area contributed by atoms with Gasteiger partial charge in [0.25, 0.3) is 0 Å². The molecular formula is C17H28N2. The van der Waals surface area contributed by atoms with Crippen molar-refractivity contribution in [3.05, 3.63) is 29.8 Å². The first-order valence-corrected chi connectivity index (χ1v) is 7.70. The fraction of sp³-hybridized carbons (Fsp3) is 0.647. The topological polar surface area (TPSA) is 15.3 Å². The Morgan fingerprint density at radius 1 is 1.26 bits per heavy atom. The van der Waals surface area contributed by atoms with Crippen LogP contribution < -0.4 is 10.2 Å². The summed E-state index contributed by atoms with van der Waals surface area (Å²) in [6.45, 7) is 12.5. The average Bonchev–Trinajstić information content (AvgIpc) is 2.47. The maximum atomic E-state index is 3.73. The quantitative estimate of drug-likeness (QED) is 0.886. The minimum absolute atomic E-state index is 0.298. The molecule has 1 aliphatic heterocycles. The summed E-state index contributed by atoms with van der Waals surface area (Å²) >= 11 is 0. The molecule has 1 N–H and O–H groups in total. The zero-order valence-electron chi connectivity index (χ0n) is 12.9. The minimum Gasteiger partial charge on any atom is -0.368 e. The fourth-order valence-electron chi connectivity index (χ4n) is 2.98. The van der Waals surface area contributed by atoms with Crippen LogP contribution in [0.1, 0.15) is 52.0 Å². The van der Waals surface area contributed by atoms with E-state index in [0.717, 1.165) is 19.6 Å². The second kappa shape index (κ2) is 5.96. The first kappa shape index (κ1) is 14.4. The Labute approximate surface area is 118 Å². The van der Waals surface area contributed by atoms with Gasteiger partial charge in [0.1, 0.15) is 0 Å². The van der Waals surface area contributed by atoms with Gasteiger partial charge in [-0.3, -0.25) is 0 Å². The summed E-state index contributed by atoms with van der Waals surface area (Å²) in [6, 6.07) is 9.06. The predicted molar refractivity (Wildman–Crippen MR) is 84.1 cm³/mol. The van der Waals surface area contributed by atoms with Gasteiger partial charge in [0.15, 0.2) is 0 Å². The van der Waals surface area contributed by atoms with Gasteiger partial charge in [0, 0.05) is 30.9 Å². The van der Waals surface area contributed by atoms with Crippen LogP contribution in [0, 0.1) is 0 Å². The molecule has 1 saturated heterocycles. The van der Waals surface area contributed by atoms with E-state index in [1.165, 1.54) is 24.1 Å². The molecule has 0 bridgehead atoms. The van der Waals surface area contributed by atoms with Gasteiger partial charge in [0.2, 0.25) is 0 Å². The minimum atomic E-state index is 0.298. The van der Waals surface area contributed by atoms with Crippen LogP contribution in [0.15, 0.2) is 24.3 Å². The van der Waals surface area contributed by atoms with E-state index >= 15 is 0 Å². The van der Waals surface area contributed by atoms with E-state index in [9.17, 15) is 0 Å². The van der Waals surface area contributed by atoms with Crippen molar-refractivity contribution in [2.24, 2.45) is 0 Å². The van der Waals surface area contributed by atoms with Crippen molar-refractivity contribution in [3.8, 4) is 0 Å². The lowest BCUT2D eigenvalue weighted by molar-refractivity contribution is 0.277. The van der Waals surface area contributed by atoms with Gasteiger partial charge in [-0.1, -0.05) is 39.8 Å². The third kappa shape index (κ3) is 3.11. The van der Waals surface area contributed by atoms with Gasteiger partial charge in [0.05, 0.1) is 0 Å². The van der Waals surface area contributed by atoms with E-state index < -0.39 is 0 Å². The van der Waals surface area contributed by atoms with E-state index in [4.69, 9.17) is 0 Å². The van der Waals surface area contributed by atoms with E-state index in [1.807, 2.05) is 0 Å². The lowest BCUT2D eigenvalue weighted by atomic mass is 9.90. The Bertz CT molecular complexity index is 407. The van der Waals surface area contributed by atoms with Crippen LogP contribution in [0.2, 0.25) is 0 Å². The van der Waals surface area contributed by atoms with E-state index in [-0.39, 0.29) is 0 Å². The molecule has 0 unspecified atom stereocenters. The highest BCUT2D eigenvalue weighted by molar-refractivity contribution is 5.50. The van der Waals surface area contributed by atoms with Crippen LogP contribution in [-0.4, -0.2) is 25.2 Å². The van der Waals surface area contributed by atoms with Crippen LogP contribution in [-0.2, 0) is 0 Å². The third-order valence-electron chi connectivity index (χ3n) is 4.63. The van der Waals surface area contributed by atoms with Crippen LogP contribution >= 0.6 is 0 Å². The number of anilines is 1. The van der Waals surface area contributed by atoms with E-state index in [1.54, 1.807) is 0 Å². The molecule has 0 amide bonds. The summed E-state index contributed by atoms with van der Waals surface area (Å²) in [5, 5.41) is 3.73. The van der Waals surface area contributed by atoms with Gasteiger partial charge in [-0.15, -0.1) is 0 Å². The van der Waals surface area contributed by atoms with Crippen LogP contribution in [0.25, 0.3) is 0 Å². The molecular weight excluding hydrogens is 232 g/mol. The summed E-state index contributed by atoms with van der Waals surface area (Å²) < 4.78 is 0. The lowest BCUT2D eigenvalue weighted by Crippen LogP contribution is -2.60. The highest BCUT2D eigenvalue weighted by atomic mass is 15.2. The molecule has 0 spiro atoms. The van der Waals surface area contributed by atoms with Crippen molar-refractivity contribution >= 4 is 5.69 Å². The van der Waals surface area contributed by atoms with Crippen molar-refractivity contribution in [1.82, 2.24) is 5.32 Å². The standard InChI is InChI=1S/C17H28N2/c1-5-17(6-2)13-19(11-10-18-17)16-9-7-8-15(12-16)14(3)4/h7-9,12,14,18H,5-6,10-11,13H2,1-4H3. The second-order valence-electron chi connectivity index (χ2n) is 6.09. The second-order valence-corrected chi connectivity index (χ2v) is 6.09. The number of hydrogen-bond acceptors (Lipinski definition) is 2. The highest BCUT2D eigenvalue weighted by Crippen LogP contribution is 2.27. The molecule has 0 atom stereocenters. The Balaban J connectivity index is 2.19. The monoisotopic (exact) mass is 260 g/mol. The molecule has 19 heavy (non-hydrogen) atoms. The third-order valence-corrected chi connectivity index (χ3v) is 4.63. The highest BCUT2D eigenvalue weighted by Gasteiger charge is 2.31. The normalized spacial score (nSPS) is 18.9. The zero-order chi connectivity index (χ0) is 13.9. The van der Waals surface area contributed by atoms with E-state index in [2.05, 4.69) is 62.2 Å². The molecule has 106 valence electrons. The zero-order valence-corrected chi connectivity index (χ0v) is 12.9. The van der Waals surface area contributed by atoms with Crippen LogP contribution in [0.3, 0.4) is 0 Å². The molecule has 2 nitrogen and oxygen atoms in total. The SMILES string of the molecule is CCC1(CC)CN(c2cccc(C(C)C)c2)CCN1. The maximum Gasteiger partial charge on any atom is 0.0370 e. The van der Waals surface area contributed by atoms with Crippen molar-refractivity contribution in [1.29, 1.82) is 0 Å². The first-order valence-electron chi connectivity index (χ1n) is 7.70. The Morgan fingerprint density at radius 2 is 2.00 bits per heavy atom. The number of nitrogens with zero attached hydrogens (tertiary/aromatic N) is 1. The molecule has 0 radical (unpaired) electrons. The average molecular weight is 260 g/mol. The number of hydrogen-bond donors (Lipinski definition) is 1. The van der Waals surface area contributed by atoms with Gasteiger partial charge < -0.3 is 10.2 Å². The molecule has 0 aliphatic carbocycles. The van der Waals surface area contributed by atoms with Crippen molar-refractivity contribution in [3.63, 3.8) is 0 Å². The van der Waals surface area contributed by atoms with Gasteiger partial charge in [-0.2, -0.15) is 0 Å². The van der Waals surface area contributed by atoms with Crippen molar-refractivity contribution < 1.29 is 0 Å². The molecule has 0 aromatic heterocycles. The first-order chi connectivity index (χ1) is 9.10. The Kier molecular flexibility index (Phi) is 4.51. The van der Waals surface area contributed by atoms with Gasteiger partial charge >= 0.3 is 0 Å². The molecule has 1 aromatic carbocycles. The Hall–Kier alpha value is -1.02. The molecule has 2 heteroatoms. The molecule has 0 saturated carbocycles. The number of benzene rings is 1. The summed E-state index contributed by atoms with van der Waals surface area (Å²) in [7, 11) is 0. The fourth-order valence-corrected chi connectivity index (χ4v) is 2.98. The summed E-state index contributed by atoms with van der Waals surface area (Å²) in [4.78, 5) is 2.55. The predicted octanol–water partition coefficient (Wildman–Crippen LogP) is 3.78. The number of nitrogens with one attached hydrogen (secondary N) is 1. The maximum absolute atomic E-state index is 3.73. The Morgan fingerprint density at radius 3 is 2.63 bits per heavy atom. The summed E-state index contributed by atoms with van der Waals surface area (Å²) in [5.41, 5.74) is 3.13. The van der Waals surface area contributed by atoms with Gasteiger partial charge in [-0.25, -0.2) is 0 Å². The molecule has 2 rings (SSSR count). The molecule has 1 aliphatic rings.